The average molecular weight is 372 g/mol. The molecule has 25 heavy (non-hydrogen) atoms. The van der Waals surface area contributed by atoms with Crippen molar-refractivity contribution in [3.63, 3.8) is 0 Å². The van der Waals surface area contributed by atoms with Gasteiger partial charge in [0.1, 0.15) is 10.5 Å². The second-order valence-electron chi connectivity index (χ2n) is 6.72. The molecular weight excluding hydrogens is 342 g/mol. The van der Waals surface area contributed by atoms with E-state index in [9.17, 15) is 13.2 Å². The van der Waals surface area contributed by atoms with Crippen LogP contribution in [-0.2, 0) is 14.8 Å². The smallest absolute Gasteiger partial charge is 0.341 e. The van der Waals surface area contributed by atoms with Crippen LogP contribution in [-0.4, -0.2) is 57.1 Å². The molecule has 1 saturated heterocycles. The molecule has 1 aromatic rings. The standard InChI is InChI=1S/C17H29N3O4S/c1-5-24-17(21)15-13(3)19-14(4)16(15)25(22,23)18-8-11-20-9-6-12(2)7-10-20/h12,18-19H,5-11H2,1-4H3. The molecule has 0 radical (unpaired) electrons. The van der Waals surface area contributed by atoms with E-state index in [1.165, 1.54) is 0 Å². The van der Waals surface area contributed by atoms with Crippen molar-refractivity contribution in [2.75, 3.05) is 32.8 Å². The first-order valence-electron chi connectivity index (χ1n) is 8.84. The number of nitrogens with zero attached hydrogens (tertiary/aromatic N) is 1. The third-order valence-electron chi connectivity index (χ3n) is 4.66. The SMILES string of the molecule is CCOC(=O)c1c(C)[nH]c(C)c1S(=O)(=O)NCCN1CCC(C)CC1. The number of aryl methyl sites for hydroxylation is 2. The highest BCUT2D eigenvalue weighted by molar-refractivity contribution is 7.89. The number of carbonyl (C=O) groups is 1. The fourth-order valence-electron chi connectivity index (χ4n) is 3.24. The van der Waals surface area contributed by atoms with Gasteiger partial charge in [-0.1, -0.05) is 6.92 Å². The molecule has 1 aliphatic heterocycles. The maximum Gasteiger partial charge on any atom is 0.341 e. The molecule has 7 nitrogen and oxygen atoms in total. The van der Waals surface area contributed by atoms with Crippen LogP contribution in [0.3, 0.4) is 0 Å². The lowest BCUT2D eigenvalue weighted by Crippen LogP contribution is -2.39. The average Bonchev–Trinajstić information content (AvgIpc) is 2.84. The van der Waals surface area contributed by atoms with Crippen molar-refractivity contribution in [3.05, 3.63) is 17.0 Å². The number of hydrogen-bond donors (Lipinski definition) is 2. The fraction of sp³-hybridized carbons (Fsp3) is 0.706. The number of sulfonamides is 1. The number of esters is 1. The van der Waals surface area contributed by atoms with E-state index >= 15 is 0 Å². The lowest BCUT2D eigenvalue weighted by Gasteiger charge is -2.30. The number of aromatic nitrogens is 1. The van der Waals surface area contributed by atoms with E-state index in [0.29, 0.717) is 24.5 Å². The Bertz CT molecular complexity index is 704. The maximum absolute atomic E-state index is 12.7. The van der Waals surface area contributed by atoms with E-state index in [0.717, 1.165) is 31.8 Å². The van der Waals surface area contributed by atoms with Crippen LogP contribution < -0.4 is 4.72 Å². The van der Waals surface area contributed by atoms with Crippen molar-refractivity contribution < 1.29 is 17.9 Å². The van der Waals surface area contributed by atoms with Crippen molar-refractivity contribution in [2.24, 2.45) is 5.92 Å². The Morgan fingerprint density at radius 1 is 1.28 bits per heavy atom. The summed E-state index contributed by atoms with van der Waals surface area (Å²) >= 11 is 0. The summed E-state index contributed by atoms with van der Waals surface area (Å²) in [7, 11) is -3.78. The lowest BCUT2D eigenvalue weighted by atomic mass is 9.99. The van der Waals surface area contributed by atoms with Crippen LogP contribution in [0.5, 0.6) is 0 Å². The third-order valence-corrected chi connectivity index (χ3v) is 6.29. The number of carbonyl (C=O) groups excluding carboxylic acids is 1. The molecule has 0 unspecified atom stereocenters. The van der Waals surface area contributed by atoms with Gasteiger partial charge in [0.15, 0.2) is 0 Å². The second-order valence-corrected chi connectivity index (χ2v) is 8.43. The van der Waals surface area contributed by atoms with Crippen molar-refractivity contribution in [2.45, 2.75) is 45.4 Å². The van der Waals surface area contributed by atoms with Gasteiger partial charge in [0.05, 0.1) is 6.61 Å². The summed E-state index contributed by atoms with van der Waals surface area (Å²) in [4.78, 5) is 17.4. The minimum atomic E-state index is -3.78. The molecule has 0 aromatic carbocycles. The predicted octanol–water partition coefficient (Wildman–Crippen LogP) is 1.82. The highest BCUT2D eigenvalue weighted by Gasteiger charge is 2.29. The largest absolute Gasteiger partial charge is 0.462 e. The van der Waals surface area contributed by atoms with Crippen molar-refractivity contribution in [3.8, 4) is 0 Å². The van der Waals surface area contributed by atoms with Gasteiger partial charge >= 0.3 is 5.97 Å². The highest BCUT2D eigenvalue weighted by atomic mass is 32.2. The van der Waals surface area contributed by atoms with Crippen LogP contribution in [0.4, 0.5) is 0 Å². The van der Waals surface area contributed by atoms with Gasteiger partial charge in [0.2, 0.25) is 10.0 Å². The summed E-state index contributed by atoms with van der Waals surface area (Å²) < 4.78 is 33.1. The normalized spacial score (nSPS) is 17.0. The molecular formula is C17H29N3O4S. The Hall–Kier alpha value is -1.38. The number of likely N-dealkylation sites (tertiary alicyclic amines) is 1. The Morgan fingerprint density at radius 2 is 1.92 bits per heavy atom. The summed E-state index contributed by atoms with van der Waals surface area (Å²) in [5, 5.41) is 0. The molecule has 0 bridgehead atoms. The zero-order chi connectivity index (χ0) is 18.6. The van der Waals surface area contributed by atoms with Crippen LogP contribution >= 0.6 is 0 Å². The van der Waals surface area contributed by atoms with Gasteiger partial charge < -0.3 is 14.6 Å². The van der Waals surface area contributed by atoms with Gasteiger partial charge in [-0.2, -0.15) is 0 Å². The molecule has 8 heteroatoms. The Labute approximate surface area is 150 Å². The highest BCUT2D eigenvalue weighted by Crippen LogP contribution is 2.24. The zero-order valence-electron chi connectivity index (χ0n) is 15.5. The number of hydrogen-bond acceptors (Lipinski definition) is 5. The molecule has 2 N–H and O–H groups in total. The summed E-state index contributed by atoms with van der Waals surface area (Å²) in [5.41, 5.74) is 1.04. The molecule has 142 valence electrons. The minimum absolute atomic E-state index is 0.00397. The topological polar surface area (TPSA) is 91.5 Å². The van der Waals surface area contributed by atoms with Gasteiger partial charge in [-0.15, -0.1) is 0 Å². The molecule has 0 spiro atoms. The molecule has 0 saturated carbocycles. The third kappa shape index (κ3) is 4.83. The van der Waals surface area contributed by atoms with Crippen molar-refractivity contribution >= 4 is 16.0 Å². The molecule has 1 aliphatic rings. The summed E-state index contributed by atoms with van der Waals surface area (Å²) in [6.07, 6.45) is 2.30. The van der Waals surface area contributed by atoms with E-state index in [1.807, 2.05) is 0 Å². The van der Waals surface area contributed by atoms with E-state index in [2.05, 4.69) is 21.5 Å². The number of ether oxygens (including phenoxy) is 1. The van der Waals surface area contributed by atoms with Gasteiger partial charge in [0, 0.05) is 24.5 Å². The predicted molar refractivity (Wildman–Crippen MR) is 96.2 cm³/mol. The van der Waals surface area contributed by atoms with Crippen molar-refractivity contribution in [1.82, 2.24) is 14.6 Å². The Balaban J connectivity index is 2.07. The summed E-state index contributed by atoms with van der Waals surface area (Å²) in [5.74, 6) is 0.125. The minimum Gasteiger partial charge on any atom is -0.462 e. The first-order valence-corrected chi connectivity index (χ1v) is 10.3. The molecule has 2 rings (SSSR count). The van der Waals surface area contributed by atoms with Crippen LogP contribution in [0.25, 0.3) is 0 Å². The second kappa shape index (κ2) is 8.33. The van der Waals surface area contributed by atoms with Gasteiger partial charge in [-0.3, -0.25) is 0 Å². The van der Waals surface area contributed by atoms with Crippen molar-refractivity contribution in [1.29, 1.82) is 0 Å². The number of H-pyrrole nitrogens is 1. The summed E-state index contributed by atoms with van der Waals surface area (Å²) in [6, 6.07) is 0. The maximum atomic E-state index is 12.7. The van der Waals surface area contributed by atoms with Crippen LogP contribution in [0.2, 0.25) is 0 Å². The van der Waals surface area contributed by atoms with Gasteiger partial charge in [-0.25, -0.2) is 17.9 Å². The van der Waals surface area contributed by atoms with E-state index < -0.39 is 16.0 Å². The fourth-order valence-corrected chi connectivity index (χ4v) is 4.70. The Kier molecular flexibility index (Phi) is 6.65. The summed E-state index contributed by atoms with van der Waals surface area (Å²) in [6.45, 7) is 10.4. The molecule has 2 heterocycles. The van der Waals surface area contributed by atoms with Gasteiger partial charge in [-0.05, 0) is 52.6 Å². The molecule has 1 aromatic heterocycles. The van der Waals surface area contributed by atoms with E-state index in [1.54, 1.807) is 20.8 Å². The molecule has 0 aliphatic carbocycles. The lowest BCUT2D eigenvalue weighted by molar-refractivity contribution is 0.0521. The van der Waals surface area contributed by atoms with Crippen LogP contribution in [0.1, 0.15) is 48.4 Å². The quantitative estimate of drug-likeness (QED) is 0.714. The Morgan fingerprint density at radius 3 is 2.52 bits per heavy atom. The number of piperidine rings is 1. The zero-order valence-corrected chi connectivity index (χ0v) is 16.3. The number of aromatic amines is 1. The monoisotopic (exact) mass is 371 g/mol. The van der Waals surface area contributed by atoms with Crippen LogP contribution in [0, 0.1) is 19.8 Å². The van der Waals surface area contributed by atoms with Gasteiger partial charge in [0.25, 0.3) is 0 Å². The molecule has 1 fully saturated rings. The van der Waals surface area contributed by atoms with E-state index in [4.69, 9.17) is 4.74 Å². The first kappa shape index (κ1) is 19.9. The number of nitrogens with one attached hydrogen (secondary N) is 2. The molecule has 0 amide bonds. The first-order chi connectivity index (χ1) is 11.8. The van der Waals surface area contributed by atoms with E-state index in [-0.39, 0.29) is 17.1 Å². The molecule has 0 atom stereocenters. The van der Waals surface area contributed by atoms with Crippen LogP contribution in [0.15, 0.2) is 4.90 Å². The number of rotatable bonds is 7.